The lowest BCUT2D eigenvalue weighted by molar-refractivity contribution is 0.102. The molecule has 0 saturated heterocycles. The number of nitrogens with one attached hydrogen (secondary N) is 1. The van der Waals surface area contributed by atoms with E-state index in [9.17, 15) is 13.2 Å². The molecule has 162 valence electrons. The first-order valence-corrected chi connectivity index (χ1v) is 11.0. The van der Waals surface area contributed by atoms with E-state index >= 15 is 0 Å². The van der Waals surface area contributed by atoms with Crippen LogP contribution in [0.4, 0.5) is 11.4 Å². The van der Waals surface area contributed by atoms with Crippen LogP contribution in [0.25, 0.3) is 0 Å². The van der Waals surface area contributed by atoms with E-state index in [2.05, 4.69) is 5.32 Å². The van der Waals surface area contributed by atoms with E-state index in [0.717, 1.165) is 4.31 Å². The van der Waals surface area contributed by atoms with Crippen molar-refractivity contribution >= 4 is 27.3 Å². The number of para-hydroxylation sites is 1. The highest BCUT2D eigenvalue weighted by atomic mass is 32.2. The summed E-state index contributed by atoms with van der Waals surface area (Å²) < 4.78 is 31.9. The molecular formula is C23H25N3O4S. The van der Waals surface area contributed by atoms with Gasteiger partial charge in [-0.2, -0.15) is 0 Å². The van der Waals surface area contributed by atoms with Crippen molar-refractivity contribution in [2.24, 2.45) is 0 Å². The van der Waals surface area contributed by atoms with Crippen LogP contribution in [0.2, 0.25) is 0 Å². The molecule has 0 aliphatic heterocycles. The quantitative estimate of drug-likeness (QED) is 0.601. The van der Waals surface area contributed by atoms with Crippen LogP contribution in [0.1, 0.15) is 10.4 Å². The molecule has 0 heterocycles. The van der Waals surface area contributed by atoms with E-state index in [1.165, 1.54) is 26.2 Å². The summed E-state index contributed by atoms with van der Waals surface area (Å²) in [7, 11) is 2.94. The standard InChI is InChI=1S/C23H25N3O4S/c1-25(2)22-15-14-20(31(28,29)26(3)4)16-21(22)24-23(27)17-10-12-19(13-11-17)30-18-8-6-5-7-9-18/h5-16H,1-4H3,(H,24,27). The lowest BCUT2D eigenvalue weighted by Gasteiger charge is -2.20. The highest BCUT2D eigenvalue weighted by molar-refractivity contribution is 7.89. The first-order chi connectivity index (χ1) is 14.7. The predicted octanol–water partition coefficient (Wildman–Crippen LogP) is 4.05. The minimum Gasteiger partial charge on any atom is -0.457 e. The van der Waals surface area contributed by atoms with Gasteiger partial charge in [0.05, 0.1) is 16.3 Å². The summed E-state index contributed by atoms with van der Waals surface area (Å²) in [5, 5.41) is 2.82. The lowest BCUT2D eigenvalue weighted by Crippen LogP contribution is -2.23. The number of nitrogens with zero attached hydrogens (tertiary/aromatic N) is 2. The second kappa shape index (κ2) is 9.20. The van der Waals surface area contributed by atoms with Crippen LogP contribution in [0.3, 0.4) is 0 Å². The van der Waals surface area contributed by atoms with Gasteiger partial charge in [0, 0.05) is 33.8 Å². The van der Waals surface area contributed by atoms with Crippen molar-refractivity contribution in [3.8, 4) is 11.5 Å². The number of rotatable bonds is 7. The van der Waals surface area contributed by atoms with E-state index < -0.39 is 10.0 Å². The second-order valence-electron chi connectivity index (χ2n) is 7.25. The fourth-order valence-corrected chi connectivity index (χ4v) is 3.80. The van der Waals surface area contributed by atoms with Gasteiger partial charge in [-0.15, -0.1) is 0 Å². The average molecular weight is 440 g/mol. The Morgan fingerprint density at radius 1 is 0.839 bits per heavy atom. The molecule has 3 aromatic carbocycles. The molecule has 0 radical (unpaired) electrons. The summed E-state index contributed by atoms with van der Waals surface area (Å²) in [5.74, 6) is 0.957. The molecule has 0 bridgehead atoms. The molecule has 0 fully saturated rings. The molecule has 0 unspecified atom stereocenters. The van der Waals surface area contributed by atoms with Gasteiger partial charge in [-0.25, -0.2) is 12.7 Å². The Labute approximate surface area is 182 Å². The number of carbonyl (C=O) groups excluding carboxylic acids is 1. The molecule has 3 rings (SSSR count). The maximum Gasteiger partial charge on any atom is 0.255 e. The Kier molecular flexibility index (Phi) is 6.62. The zero-order valence-electron chi connectivity index (χ0n) is 17.9. The number of sulfonamides is 1. The number of hydrogen-bond donors (Lipinski definition) is 1. The van der Waals surface area contributed by atoms with E-state index in [1.54, 1.807) is 35.2 Å². The summed E-state index contributed by atoms with van der Waals surface area (Å²) in [6, 6.07) is 20.7. The van der Waals surface area contributed by atoms with Crippen LogP contribution in [0, 0.1) is 0 Å². The van der Waals surface area contributed by atoms with Crippen molar-refractivity contribution in [2.45, 2.75) is 4.90 Å². The zero-order chi connectivity index (χ0) is 22.6. The van der Waals surface area contributed by atoms with E-state index in [1.807, 2.05) is 44.4 Å². The molecule has 1 N–H and O–H groups in total. The van der Waals surface area contributed by atoms with Gasteiger partial charge in [0.25, 0.3) is 5.91 Å². The molecule has 1 amide bonds. The Morgan fingerprint density at radius 2 is 1.45 bits per heavy atom. The van der Waals surface area contributed by atoms with Crippen LogP contribution < -0.4 is 15.0 Å². The average Bonchev–Trinajstić information content (AvgIpc) is 2.74. The van der Waals surface area contributed by atoms with Gasteiger partial charge in [-0.1, -0.05) is 18.2 Å². The van der Waals surface area contributed by atoms with E-state index in [4.69, 9.17) is 4.74 Å². The van der Waals surface area contributed by atoms with Crippen molar-refractivity contribution in [1.82, 2.24) is 4.31 Å². The normalized spacial score (nSPS) is 11.3. The van der Waals surface area contributed by atoms with Gasteiger partial charge in [-0.3, -0.25) is 4.79 Å². The minimum absolute atomic E-state index is 0.102. The highest BCUT2D eigenvalue weighted by Gasteiger charge is 2.20. The first kappa shape index (κ1) is 22.3. The number of anilines is 2. The summed E-state index contributed by atoms with van der Waals surface area (Å²) in [6.45, 7) is 0. The van der Waals surface area contributed by atoms with Gasteiger partial charge in [0.1, 0.15) is 11.5 Å². The topological polar surface area (TPSA) is 79.0 Å². The molecule has 0 aromatic heterocycles. The molecule has 0 aliphatic carbocycles. The third-order valence-electron chi connectivity index (χ3n) is 4.57. The molecule has 7 nitrogen and oxygen atoms in total. The molecule has 0 atom stereocenters. The smallest absolute Gasteiger partial charge is 0.255 e. The van der Waals surface area contributed by atoms with Crippen LogP contribution in [0.15, 0.2) is 77.7 Å². The summed E-state index contributed by atoms with van der Waals surface area (Å²) in [6.07, 6.45) is 0. The van der Waals surface area contributed by atoms with Gasteiger partial charge < -0.3 is 15.0 Å². The first-order valence-electron chi connectivity index (χ1n) is 9.56. The lowest BCUT2D eigenvalue weighted by atomic mass is 10.2. The fourth-order valence-electron chi connectivity index (χ4n) is 2.87. The van der Waals surface area contributed by atoms with Gasteiger partial charge in [0.2, 0.25) is 10.0 Å². The second-order valence-corrected chi connectivity index (χ2v) is 9.41. The van der Waals surface area contributed by atoms with Crippen molar-refractivity contribution in [3.63, 3.8) is 0 Å². The minimum atomic E-state index is -3.63. The Hall–Kier alpha value is -3.36. The number of hydrogen-bond acceptors (Lipinski definition) is 5. The number of ether oxygens (including phenoxy) is 1. The van der Waals surface area contributed by atoms with Crippen molar-refractivity contribution < 1.29 is 17.9 Å². The molecule has 31 heavy (non-hydrogen) atoms. The number of carbonyl (C=O) groups is 1. The molecule has 8 heteroatoms. The van der Waals surface area contributed by atoms with Gasteiger partial charge in [-0.05, 0) is 54.6 Å². The van der Waals surface area contributed by atoms with E-state index in [0.29, 0.717) is 28.4 Å². The largest absolute Gasteiger partial charge is 0.457 e. The van der Waals surface area contributed by atoms with Crippen molar-refractivity contribution in [3.05, 3.63) is 78.4 Å². The Balaban J connectivity index is 1.83. The summed E-state index contributed by atoms with van der Waals surface area (Å²) >= 11 is 0. The zero-order valence-corrected chi connectivity index (χ0v) is 18.7. The van der Waals surface area contributed by atoms with Gasteiger partial charge in [0.15, 0.2) is 0 Å². The fraction of sp³-hybridized carbons (Fsp3) is 0.174. The van der Waals surface area contributed by atoms with Crippen LogP contribution in [-0.2, 0) is 10.0 Å². The maximum absolute atomic E-state index is 12.8. The third-order valence-corrected chi connectivity index (χ3v) is 6.38. The molecule has 0 saturated carbocycles. The Bertz CT molecular complexity index is 1160. The van der Waals surface area contributed by atoms with E-state index in [-0.39, 0.29) is 10.8 Å². The summed E-state index contributed by atoms with van der Waals surface area (Å²) in [4.78, 5) is 14.7. The number of benzene rings is 3. The molecule has 0 spiro atoms. The monoisotopic (exact) mass is 439 g/mol. The number of amides is 1. The van der Waals surface area contributed by atoms with Crippen LogP contribution in [-0.4, -0.2) is 46.8 Å². The van der Waals surface area contributed by atoms with Crippen molar-refractivity contribution in [2.75, 3.05) is 38.4 Å². The van der Waals surface area contributed by atoms with Gasteiger partial charge >= 0.3 is 0 Å². The highest BCUT2D eigenvalue weighted by Crippen LogP contribution is 2.29. The predicted molar refractivity (Wildman–Crippen MR) is 123 cm³/mol. The molecule has 0 aliphatic rings. The van der Waals surface area contributed by atoms with Crippen LogP contribution >= 0.6 is 0 Å². The van der Waals surface area contributed by atoms with Crippen LogP contribution in [0.5, 0.6) is 11.5 Å². The molecular weight excluding hydrogens is 414 g/mol. The SMILES string of the molecule is CN(C)c1ccc(S(=O)(=O)N(C)C)cc1NC(=O)c1ccc(Oc2ccccc2)cc1. The van der Waals surface area contributed by atoms with Crippen molar-refractivity contribution in [1.29, 1.82) is 0 Å². The summed E-state index contributed by atoms with van der Waals surface area (Å²) in [5.41, 5.74) is 1.52. The maximum atomic E-state index is 12.8. The molecule has 3 aromatic rings. The Morgan fingerprint density at radius 3 is 2.03 bits per heavy atom. The third kappa shape index (κ3) is 5.22.